The Balaban J connectivity index is 2.99. The number of carbonyl (C=O) groups excluding carboxylic acids is 1. The fraction of sp³-hybridized carbons (Fsp3) is 0.667. The highest BCUT2D eigenvalue weighted by Crippen LogP contribution is 1.68. The van der Waals surface area contributed by atoms with E-state index in [1.165, 1.54) is 14.4 Å². The Morgan fingerprint density at radius 2 is 2.33 bits per heavy atom. The van der Waals surface area contributed by atoms with E-state index in [0.29, 0.717) is 0 Å². The summed E-state index contributed by atoms with van der Waals surface area (Å²) in [6.45, 7) is 1.63. The molecule has 0 unspecified atom stereocenters. The van der Waals surface area contributed by atoms with Gasteiger partial charge in [-0.3, -0.25) is 4.79 Å². The lowest BCUT2D eigenvalue weighted by atomic mass is 9.83. The fourth-order valence-corrected chi connectivity index (χ4v) is 0.118. The summed E-state index contributed by atoms with van der Waals surface area (Å²) in [7, 11) is 2.71. The molecule has 0 N–H and O–H groups in total. The Labute approximate surface area is 37.7 Å². The van der Waals surface area contributed by atoms with Crippen molar-refractivity contribution in [2.45, 2.75) is 6.82 Å². The van der Waals surface area contributed by atoms with Gasteiger partial charge in [0.15, 0.2) is 0 Å². The summed E-state index contributed by atoms with van der Waals surface area (Å²) >= 11 is 0. The molecule has 0 saturated heterocycles. The van der Waals surface area contributed by atoms with Crippen LogP contribution in [0.25, 0.3) is 0 Å². The lowest BCUT2D eigenvalue weighted by Gasteiger charge is -1.86. The molecule has 0 aliphatic carbocycles. The summed E-state index contributed by atoms with van der Waals surface area (Å²) in [5.41, 5.74) is 0. The van der Waals surface area contributed by atoms with Crippen LogP contribution >= 0.6 is 0 Å². The van der Waals surface area contributed by atoms with E-state index in [4.69, 9.17) is 0 Å². The molecule has 0 aromatic carbocycles. The highest BCUT2D eigenvalue weighted by Gasteiger charge is 1.90. The largest absolute Gasteiger partial charge is 0.477 e. The maximum absolute atomic E-state index is 9.90. The first-order valence-corrected chi connectivity index (χ1v) is 1.68. The van der Waals surface area contributed by atoms with Gasteiger partial charge in [0.1, 0.15) is 0 Å². The number of carbonyl (C=O) groups is 1. The van der Waals surface area contributed by atoms with Gasteiger partial charge in [0.05, 0.1) is 7.11 Å². The Hall–Kier alpha value is -0.465. The van der Waals surface area contributed by atoms with Gasteiger partial charge >= 0.3 is 0 Å². The third-order valence-corrected chi connectivity index (χ3v) is 0.437. The molecular weight excluding hydrogens is 78.8 g/mol. The minimum absolute atomic E-state index is 0.282. The number of ether oxygens (including phenoxy) is 1. The molecule has 0 atom stereocenters. The van der Waals surface area contributed by atoms with Gasteiger partial charge in [-0.05, 0) is 0 Å². The topological polar surface area (TPSA) is 26.3 Å². The molecule has 3 heteroatoms. The predicted molar refractivity (Wildman–Crippen MR) is 24.0 cm³/mol. The van der Waals surface area contributed by atoms with Gasteiger partial charge in [0, 0.05) is 0 Å². The number of hydrogen-bond acceptors (Lipinski definition) is 2. The van der Waals surface area contributed by atoms with Crippen LogP contribution in [-0.4, -0.2) is 20.3 Å². The standard InChI is InChI=1S/C3H6BO2/c1-4-3(5)6-2/h1-2H3. The predicted octanol–water partition coefficient (Wildman–Crippen LogP) is 0.505. The second-order valence-electron chi connectivity index (χ2n) is 0.812. The molecule has 0 aliphatic heterocycles. The number of rotatable bonds is 1. The average Bonchev–Trinajstić information content (AvgIpc) is 1.65. The third-order valence-electron chi connectivity index (χ3n) is 0.437. The number of methoxy groups -OCH3 is 1. The molecule has 1 radical (unpaired) electrons. The zero-order valence-electron chi connectivity index (χ0n) is 3.89. The van der Waals surface area contributed by atoms with Crippen LogP contribution in [0, 0.1) is 0 Å². The van der Waals surface area contributed by atoms with Crippen molar-refractivity contribution in [3.63, 3.8) is 0 Å². The van der Waals surface area contributed by atoms with Crippen molar-refractivity contribution in [3.8, 4) is 0 Å². The molecule has 0 spiro atoms. The summed E-state index contributed by atoms with van der Waals surface area (Å²) in [4.78, 5) is 9.90. The molecular formula is C3H6BO2. The van der Waals surface area contributed by atoms with Crippen molar-refractivity contribution in [1.82, 2.24) is 0 Å². The molecule has 0 heterocycles. The van der Waals surface area contributed by atoms with E-state index in [1.54, 1.807) is 6.82 Å². The molecule has 0 rings (SSSR count). The Morgan fingerprint density at radius 3 is 2.33 bits per heavy atom. The van der Waals surface area contributed by atoms with Crippen molar-refractivity contribution in [2.75, 3.05) is 7.11 Å². The second-order valence-corrected chi connectivity index (χ2v) is 0.812. The van der Waals surface area contributed by atoms with E-state index >= 15 is 0 Å². The van der Waals surface area contributed by atoms with Gasteiger partial charge in [-0.25, -0.2) is 0 Å². The van der Waals surface area contributed by atoms with E-state index < -0.39 is 0 Å². The van der Waals surface area contributed by atoms with Gasteiger partial charge in [-0.1, -0.05) is 6.82 Å². The minimum Gasteiger partial charge on any atom is -0.477 e. The average molecular weight is 84.9 g/mol. The van der Waals surface area contributed by atoms with Crippen molar-refractivity contribution < 1.29 is 9.53 Å². The Kier molecular flexibility index (Phi) is 2.54. The molecule has 0 aromatic heterocycles. The van der Waals surface area contributed by atoms with E-state index in [-0.39, 0.29) is 5.87 Å². The van der Waals surface area contributed by atoms with Crippen molar-refractivity contribution in [3.05, 3.63) is 0 Å². The van der Waals surface area contributed by atoms with E-state index in [0.717, 1.165) is 0 Å². The van der Waals surface area contributed by atoms with Crippen molar-refractivity contribution in [1.29, 1.82) is 0 Å². The zero-order chi connectivity index (χ0) is 4.99. The van der Waals surface area contributed by atoms with Crippen LogP contribution in [0.3, 0.4) is 0 Å². The van der Waals surface area contributed by atoms with Crippen LogP contribution in [-0.2, 0) is 4.74 Å². The monoisotopic (exact) mass is 85.0 g/mol. The lowest BCUT2D eigenvalue weighted by Crippen LogP contribution is -2.02. The summed E-state index contributed by atoms with van der Waals surface area (Å²) in [5, 5.41) is 0. The van der Waals surface area contributed by atoms with Crippen LogP contribution in [0.4, 0.5) is 4.79 Å². The van der Waals surface area contributed by atoms with Crippen LogP contribution in [0.5, 0.6) is 0 Å². The molecule has 2 nitrogen and oxygen atoms in total. The lowest BCUT2D eigenvalue weighted by molar-refractivity contribution is 0.198. The fourth-order valence-electron chi connectivity index (χ4n) is 0.118. The first kappa shape index (κ1) is 5.53. The summed E-state index contributed by atoms with van der Waals surface area (Å²) in [6.07, 6.45) is 0. The highest BCUT2D eigenvalue weighted by molar-refractivity contribution is 6.70. The van der Waals surface area contributed by atoms with Gasteiger partial charge in [-0.15, -0.1) is 0 Å². The molecule has 0 aliphatic rings. The molecule has 0 amide bonds. The second kappa shape index (κ2) is 2.76. The number of hydrogen-bond donors (Lipinski definition) is 0. The van der Waals surface area contributed by atoms with Gasteiger partial charge < -0.3 is 4.74 Å². The van der Waals surface area contributed by atoms with Gasteiger partial charge in [-0.2, -0.15) is 0 Å². The first-order valence-electron chi connectivity index (χ1n) is 1.68. The minimum atomic E-state index is -0.282. The quantitative estimate of drug-likeness (QED) is 0.433. The Bertz CT molecular complexity index is 46.8. The van der Waals surface area contributed by atoms with Crippen LogP contribution in [0.15, 0.2) is 0 Å². The molecule has 0 saturated carbocycles. The normalized spacial score (nSPS) is 7.00. The molecule has 6 heavy (non-hydrogen) atoms. The van der Waals surface area contributed by atoms with Crippen molar-refractivity contribution in [2.24, 2.45) is 0 Å². The van der Waals surface area contributed by atoms with E-state index in [1.807, 2.05) is 0 Å². The maximum atomic E-state index is 9.90. The van der Waals surface area contributed by atoms with Crippen LogP contribution in [0.1, 0.15) is 0 Å². The van der Waals surface area contributed by atoms with E-state index in [2.05, 4.69) is 4.74 Å². The summed E-state index contributed by atoms with van der Waals surface area (Å²) < 4.78 is 4.20. The first-order chi connectivity index (χ1) is 2.81. The Morgan fingerprint density at radius 1 is 1.83 bits per heavy atom. The third kappa shape index (κ3) is 1.82. The van der Waals surface area contributed by atoms with Gasteiger partial charge in [0.2, 0.25) is 5.87 Å². The zero-order valence-corrected chi connectivity index (χ0v) is 3.89. The van der Waals surface area contributed by atoms with Gasteiger partial charge in [0.25, 0.3) is 7.28 Å². The summed E-state index contributed by atoms with van der Waals surface area (Å²) in [6, 6.07) is 0. The maximum Gasteiger partial charge on any atom is 0.257 e. The molecule has 0 aromatic rings. The SMILES string of the molecule is C[B]C(=O)OC. The van der Waals surface area contributed by atoms with Crippen molar-refractivity contribution >= 4 is 13.1 Å². The summed E-state index contributed by atoms with van der Waals surface area (Å²) in [5.74, 6) is -0.282. The molecule has 0 bridgehead atoms. The molecule has 0 fully saturated rings. The van der Waals surface area contributed by atoms with Crippen LogP contribution < -0.4 is 0 Å². The highest BCUT2D eigenvalue weighted by atomic mass is 16.5. The van der Waals surface area contributed by atoms with Crippen LogP contribution in [0.2, 0.25) is 6.82 Å². The smallest absolute Gasteiger partial charge is 0.257 e. The molecule has 33 valence electrons. The van der Waals surface area contributed by atoms with E-state index in [9.17, 15) is 4.79 Å².